The van der Waals surface area contributed by atoms with Crippen molar-refractivity contribution in [3.05, 3.63) is 30.3 Å². The summed E-state index contributed by atoms with van der Waals surface area (Å²) in [5.74, 6) is 1.85. The SMILES string of the molecule is CCC(NCCOc1ccccc1)C1CCCCC1. The molecule has 1 aromatic carbocycles. The van der Waals surface area contributed by atoms with E-state index < -0.39 is 0 Å². The van der Waals surface area contributed by atoms with Crippen LogP contribution in [0.15, 0.2) is 30.3 Å². The van der Waals surface area contributed by atoms with E-state index in [9.17, 15) is 0 Å². The highest BCUT2D eigenvalue weighted by atomic mass is 16.5. The van der Waals surface area contributed by atoms with Crippen LogP contribution in [-0.2, 0) is 0 Å². The standard InChI is InChI=1S/C17H27NO/c1-2-17(15-9-5-3-6-10-15)18-13-14-19-16-11-7-4-8-12-16/h4,7-8,11-12,15,17-18H,2-3,5-6,9-10,13-14H2,1H3. The van der Waals surface area contributed by atoms with Crippen LogP contribution in [0.25, 0.3) is 0 Å². The van der Waals surface area contributed by atoms with Crippen molar-refractivity contribution in [2.45, 2.75) is 51.5 Å². The Hall–Kier alpha value is -1.02. The van der Waals surface area contributed by atoms with Gasteiger partial charge in [-0.25, -0.2) is 0 Å². The summed E-state index contributed by atoms with van der Waals surface area (Å²) in [7, 11) is 0. The Balaban J connectivity index is 1.65. The van der Waals surface area contributed by atoms with Crippen molar-refractivity contribution in [1.29, 1.82) is 0 Å². The van der Waals surface area contributed by atoms with Gasteiger partial charge in [0.05, 0.1) is 0 Å². The average molecular weight is 261 g/mol. The lowest BCUT2D eigenvalue weighted by Crippen LogP contribution is -2.38. The minimum atomic E-state index is 0.680. The fourth-order valence-corrected chi connectivity index (χ4v) is 3.11. The molecule has 1 aromatic rings. The Morgan fingerprint density at radius 1 is 1.16 bits per heavy atom. The summed E-state index contributed by atoms with van der Waals surface area (Å²) in [5, 5.41) is 3.68. The number of rotatable bonds is 7. The van der Waals surface area contributed by atoms with Crippen molar-refractivity contribution < 1.29 is 4.74 Å². The van der Waals surface area contributed by atoms with Crippen molar-refractivity contribution in [3.63, 3.8) is 0 Å². The summed E-state index contributed by atoms with van der Waals surface area (Å²) in [6.45, 7) is 4.00. The van der Waals surface area contributed by atoms with E-state index in [2.05, 4.69) is 12.2 Å². The zero-order chi connectivity index (χ0) is 13.3. The number of ether oxygens (including phenoxy) is 1. The van der Waals surface area contributed by atoms with Gasteiger partial charge in [-0.15, -0.1) is 0 Å². The molecule has 0 aliphatic heterocycles. The van der Waals surface area contributed by atoms with Gasteiger partial charge in [0.2, 0.25) is 0 Å². The molecule has 1 atom stereocenters. The summed E-state index contributed by atoms with van der Waals surface area (Å²) in [6.07, 6.45) is 8.32. The van der Waals surface area contributed by atoms with Crippen molar-refractivity contribution in [2.24, 2.45) is 5.92 Å². The molecule has 1 unspecified atom stereocenters. The molecule has 2 heteroatoms. The Bertz CT molecular complexity index is 332. The number of hydrogen-bond donors (Lipinski definition) is 1. The Morgan fingerprint density at radius 3 is 2.58 bits per heavy atom. The predicted octanol–water partition coefficient (Wildman–Crippen LogP) is 4.01. The third-order valence-corrected chi connectivity index (χ3v) is 4.18. The van der Waals surface area contributed by atoms with Crippen LogP contribution in [0.2, 0.25) is 0 Å². The molecule has 1 N–H and O–H groups in total. The molecule has 0 spiro atoms. The maximum Gasteiger partial charge on any atom is 0.119 e. The van der Waals surface area contributed by atoms with Gasteiger partial charge in [0.25, 0.3) is 0 Å². The molecule has 1 aliphatic carbocycles. The van der Waals surface area contributed by atoms with E-state index in [1.165, 1.54) is 38.5 Å². The molecule has 106 valence electrons. The van der Waals surface area contributed by atoms with Gasteiger partial charge in [-0.2, -0.15) is 0 Å². The van der Waals surface area contributed by atoms with Gasteiger partial charge in [-0.05, 0) is 37.3 Å². The second kappa shape index (κ2) is 8.21. The maximum absolute atomic E-state index is 5.73. The molecular formula is C17H27NO. The van der Waals surface area contributed by atoms with E-state index in [-0.39, 0.29) is 0 Å². The minimum absolute atomic E-state index is 0.680. The first-order chi connectivity index (χ1) is 9.40. The molecule has 19 heavy (non-hydrogen) atoms. The molecule has 0 bridgehead atoms. The highest BCUT2D eigenvalue weighted by molar-refractivity contribution is 5.20. The number of nitrogens with one attached hydrogen (secondary N) is 1. The van der Waals surface area contributed by atoms with Crippen LogP contribution in [0, 0.1) is 5.92 Å². The number of para-hydroxylation sites is 1. The predicted molar refractivity (Wildman–Crippen MR) is 80.6 cm³/mol. The summed E-state index contributed by atoms with van der Waals surface area (Å²) >= 11 is 0. The number of benzene rings is 1. The summed E-state index contributed by atoms with van der Waals surface area (Å²) in [5.41, 5.74) is 0. The molecule has 0 amide bonds. The first-order valence-electron chi connectivity index (χ1n) is 7.81. The average Bonchev–Trinajstić information content (AvgIpc) is 2.49. The third kappa shape index (κ3) is 4.87. The smallest absolute Gasteiger partial charge is 0.119 e. The second-order valence-electron chi connectivity index (χ2n) is 5.53. The van der Waals surface area contributed by atoms with Crippen molar-refractivity contribution >= 4 is 0 Å². The first-order valence-corrected chi connectivity index (χ1v) is 7.81. The van der Waals surface area contributed by atoms with Gasteiger partial charge < -0.3 is 10.1 Å². The van der Waals surface area contributed by atoms with E-state index in [1.807, 2.05) is 30.3 Å². The lowest BCUT2D eigenvalue weighted by atomic mass is 9.83. The molecule has 2 rings (SSSR count). The molecule has 0 heterocycles. The molecule has 2 nitrogen and oxygen atoms in total. The summed E-state index contributed by atoms with van der Waals surface area (Å²) in [6, 6.07) is 10.7. The van der Waals surface area contributed by atoms with Crippen LogP contribution in [0.4, 0.5) is 0 Å². The molecule has 0 saturated heterocycles. The molecule has 0 radical (unpaired) electrons. The van der Waals surface area contributed by atoms with Crippen molar-refractivity contribution in [1.82, 2.24) is 5.32 Å². The van der Waals surface area contributed by atoms with E-state index in [0.29, 0.717) is 6.04 Å². The van der Waals surface area contributed by atoms with Gasteiger partial charge in [0.1, 0.15) is 12.4 Å². The van der Waals surface area contributed by atoms with Gasteiger partial charge in [-0.3, -0.25) is 0 Å². The molecule has 0 aromatic heterocycles. The second-order valence-corrected chi connectivity index (χ2v) is 5.53. The minimum Gasteiger partial charge on any atom is -0.492 e. The first kappa shape index (κ1) is 14.4. The van der Waals surface area contributed by atoms with Gasteiger partial charge in [-0.1, -0.05) is 44.4 Å². The monoisotopic (exact) mass is 261 g/mol. The normalized spacial score (nSPS) is 18.2. The van der Waals surface area contributed by atoms with Crippen molar-refractivity contribution in [3.8, 4) is 5.75 Å². The Kier molecular flexibility index (Phi) is 6.22. The van der Waals surface area contributed by atoms with Crippen molar-refractivity contribution in [2.75, 3.05) is 13.2 Å². The lowest BCUT2D eigenvalue weighted by molar-refractivity contribution is 0.242. The van der Waals surface area contributed by atoms with Crippen LogP contribution in [0.5, 0.6) is 5.75 Å². The van der Waals surface area contributed by atoms with E-state index >= 15 is 0 Å². The van der Waals surface area contributed by atoms with E-state index in [0.717, 1.165) is 24.8 Å². The lowest BCUT2D eigenvalue weighted by Gasteiger charge is -2.30. The van der Waals surface area contributed by atoms with Crippen LogP contribution in [0.3, 0.4) is 0 Å². The highest BCUT2D eigenvalue weighted by Crippen LogP contribution is 2.27. The number of hydrogen-bond acceptors (Lipinski definition) is 2. The molecule has 1 aliphatic rings. The Labute approximate surface area is 117 Å². The molecule has 1 fully saturated rings. The van der Waals surface area contributed by atoms with Crippen LogP contribution < -0.4 is 10.1 Å². The van der Waals surface area contributed by atoms with E-state index in [4.69, 9.17) is 4.74 Å². The van der Waals surface area contributed by atoms with E-state index in [1.54, 1.807) is 0 Å². The van der Waals surface area contributed by atoms with Gasteiger partial charge in [0.15, 0.2) is 0 Å². The zero-order valence-electron chi connectivity index (χ0n) is 12.1. The maximum atomic E-state index is 5.73. The van der Waals surface area contributed by atoms with Gasteiger partial charge >= 0.3 is 0 Å². The zero-order valence-corrected chi connectivity index (χ0v) is 12.1. The van der Waals surface area contributed by atoms with Crippen LogP contribution >= 0.6 is 0 Å². The fraction of sp³-hybridized carbons (Fsp3) is 0.647. The summed E-state index contributed by atoms with van der Waals surface area (Å²) in [4.78, 5) is 0. The molecule has 1 saturated carbocycles. The van der Waals surface area contributed by atoms with Gasteiger partial charge in [0, 0.05) is 12.6 Å². The molecular weight excluding hydrogens is 234 g/mol. The highest BCUT2D eigenvalue weighted by Gasteiger charge is 2.21. The quantitative estimate of drug-likeness (QED) is 0.749. The van der Waals surface area contributed by atoms with Crippen LogP contribution in [0.1, 0.15) is 45.4 Å². The van der Waals surface area contributed by atoms with Crippen LogP contribution in [-0.4, -0.2) is 19.2 Å². The third-order valence-electron chi connectivity index (χ3n) is 4.18. The largest absolute Gasteiger partial charge is 0.492 e. The summed E-state index contributed by atoms with van der Waals surface area (Å²) < 4.78 is 5.73. The Morgan fingerprint density at radius 2 is 1.89 bits per heavy atom. The fourth-order valence-electron chi connectivity index (χ4n) is 3.11. The topological polar surface area (TPSA) is 21.3 Å².